The molecule has 0 radical (unpaired) electrons. The SMILES string of the molecule is C=Cc1nc(C)c(Br)n1/C=C\C. The van der Waals surface area contributed by atoms with Crippen LogP contribution in [0.15, 0.2) is 17.3 Å². The summed E-state index contributed by atoms with van der Waals surface area (Å²) in [5.74, 6) is 0.859. The van der Waals surface area contributed by atoms with Crippen LogP contribution < -0.4 is 0 Å². The van der Waals surface area contributed by atoms with E-state index in [1.807, 2.05) is 30.7 Å². The Labute approximate surface area is 80.7 Å². The number of hydrogen-bond acceptors (Lipinski definition) is 1. The average Bonchev–Trinajstić information content (AvgIpc) is 2.33. The van der Waals surface area contributed by atoms with Gasteiger partial charge in [-0.2, -0.15) is 0 Å². The summed E-state index contributed by atoms with van der Waals surface area (Å²) < 4.78 is 2.93. The van der Waals surface area contributed by atoms with Gasteiger partial charge in [-0.25, -0.2) is 4.98 Å². The molecular formula is C9H11BrN2. The van der Waals surface area contributed by atoms with E-state index in [0.29, 0.717) is 0 Å². The molecule has 0 fully saturated rings. The molecule has 0 aliphatic carbocycles. The van der Waals surface area contributed by atoms with Crippen LogP contribution in [0.3, 0.4) is 0 Å². The van der Waals surface area contributed by atoms with Gasteiger partial charge in [-0.05, 0) is 35.9 Å². The Balaban J connectivity index is 3.30. The van der Waals surface area contributed by atoms with Crippen LogP contribution in [0.1, 0.15) is 18.4 Å². The maximum absolute atomic E-state index is 4.29. The predicted octanol–water partition coefficient (Wildman–Crippen LogP) is 3.09. The van der Waals surface area contributed by atoms with E-state index in [9.17, 15) is 0 Å². The van der Waals surface area contributed by atoms with Crippen molar-refractivity contribution in [3.05, 3.63) is 28.8 Å². The Morgan fingerprint density at radius 1 is 1.58 bits per heavy atom. The second-order valence-electron chi connectivity index (χ2n) is 2.40. The molecule has 2 nitrogen and oxygen atoms in total. The lowest BCUT2D eigenvalue weighted by Crippen LogP contribution is -1.89. The summed E-state index contributed by atoms with van der Waals surface area (Å²) in [6.45, 7) is 7.61. The standard InChI is InChI=1S/C9H11BrN2/c1-4-6-12-8(5-2)11-7(3)9(12)10/h4-6H,2H2,1,3H3/b6-4-. The van der Waals surface area contributed by atoms with Crippen LogP contribution in [0.25, 0.3) is 12.3 Å². The second-order valence-corrected chi connectivity index (χ2v) is 3.15. The number of nitrogens with zero attached hydrogens (tertiary/aromatic N) is 2. The fourth-order valence-electron chi connectivity index (χ4n) is 0.982. The first-order chi connectivity index (χ1) is 5.70. The minimum absolute atomic E-state index is 0.859. The monoisotopic (exact) mass is 226 g/mol. The fraction of sp³-hybridized carbons (Fsp3) is 0.222. The Hall–Kier alpha value is -0.830. The zero-order valence-corrected chi connectivity index (χ0v) is 8.80. The topological polar surface area (TPSA) is 17.8 Å². The minimum atomic E-state index is 0.859. The highest BCUT2D eigenvalue weighted by Crippen LogP contribution is 2.18. The summed E-state index contributed by atoms with van der Waals surface area (Å²) in [7, 11) is 0. The summed E-state index contributed by atoms with van der Waals surface area (Å²) in [5.41, 5.74) is 0.975. The summed E-state index contributed by atoms with van der Waals surface area (Å²) in [4.78, 5) is 4.29. The molecule has 0 amide bonds. The fourth-order valence-corrected chi connectivity index (χ4v) is 1.37. The van der Waals surface area contributed by atoms with Gasteiger partial charge < -0.3 is 0 Å². The number of imidazole rings is 1. The van der Waals surface area contributed by atoms with Crippen LogP contribution in [-0.2, 0) is 0 Å². The van der Waals surface area contributed by atoms with Crippen molar-refractivity contribution >= 4 is 28.2 Å². The van der Waals surface area contributed by atoms with E-state index in [1.165, 1.54) is 0 Å². The zero-order chi connectivity index (χ0) is 9.14. The smallest absolute Gasteiger partial charge is 0.137 e. The first-order valence-electron chi connectivity index (χ1n) is 3.70. The quantitative estimate of drug-likeness (QED) is 0.759. The Kier molecular flexibility index (Phi) is 2.87. The third-order valence-corrected chi connectivity index (χ3v) is 2.48. The van der Waals surface area contributed by atoms with Crippen LogP contribution in [0.4, 0.5) is 0 Å². The zero-order valence-electron chi connectivity index (χ0n) is 7.21. The van der Waals surface area contributed by atoms with Crippen LogP contribution >= 0.6 is 15.9 Å². The molecule has 0 atom stereocenters. The van der Waals surface area contributed by atoms with E-state index in [2.05, 4.69) is 27.5 Å². The molecule has 0 N–H and O–H groups in total. The Bertz CT molecular complexity index is 324. The predicted molar refractivity (Wildman–Crippen MR) is 55.8 cm³/mol. The lowest BCUT2D eigenvalue weighted by atomic mass is 10.5. The summed E-state index contributed by atoms with van der Waals surface area (Å²) in [6, 6.07) is 0. The number of halogens is 1. The van der Waals surface area contributed by atoms with E-state index in [0.717, 1.165) is 16.1 Å². The first-order valence-corrected chi connectivity index (χ1v) is 4.49. The van der Waals surface area contributed by atoms with E-state index in [4.69, 9.17) is 0 Å². The van der Waals surface area contributed by atoms with Gasteiger partial charge in [0.15, 0.2) is 0 Å². The number of aromatic nitrogens is 2. The van der Waals surface area contributed by atoms with Gasteiger partial charge in [0.2, 0.25) is 0 Å². The molecular weight excluding hydrogens is 216 g/mol. The van der Waals surface area contributed by atoms with Crippen LogP contribution in [0.5, 0.6) is 0 Å². The van der Waals surface area contributed by atoms with Gasteiger partial charge in [0.25, 0.3) is 0 Å². The molecule has 12 heavy (non-hydrogen) atoms. The van der Waals surface area contributed by atoms with Crippen molar-refractivity contribution in [1.82, 2.24) is 9.55 Å². The Morgan fingerprint density at radius 3 is 2.75 bits per heavy atom. The molecule has 0 saturated heterocycles. The molecule has 0 unspecified atom stereocenters. The second kappa shape index (κ2) is 3.72. The highest BCUT2D eigenvalue weighted by Gasteiger charge is 2.06. The number of allylic oxidation sites excluding steroid dienone is 1. The van der Waals surface area contributed by atoms with Crippen LogP contribution in [0, 0.1) is 6.92 Å². The first kappa shape index (κ1) is 9.26. The summed E-state index contributed by atoms with van der Waals surface area (Å²) >= 11 is 3.44. The summed E-state index contributed by atoms with van der Waals surface area (Å²) in [5, 5.41) is 0. The van der Waals surface area contributed by atoms with E-state index < -0.39 is 0 Å². The maximum atomic E-state index is 4.29. The molecule has 0 spiro atoms. The molecule has 0 bridgehead atoms. The molecule has 3 heteroatoms. The van der Waals surface area contributed by atoms with Gasteiger partial charge >= 0.3 is 0 Å². The van der Waals surface area contributed by atoms with E-state index >= 15 is 0 Å². The van der Waals surface area contributed by atoms with Gasteiger partial charge in [-0.1, -0.05) is 12.7 Å². The van der Waals surface area contributed by atoms with Crippen molar-refractivity contribution in [2.24, 2.45) is 0 Å². The molecule has 0 aromatic carbocycles. The molecule has 1 aromatic heterocycles. The van der Waals surface area contributed by atoms with Crippen molar-refractivity contribution in [2.45, 2.75) is 13.8 Å². The maximum Gasteiger partial charge on any atom is 0.137 e. The largest absolute Gasteiger partial charge is 0.294 e. The van der Waals surface area contributed by atoms with Crippen molar-refractivity contribution in [2.75, 3.05) is 0 Å². The van der Waals surface area contributed by atoms with Crippen molar-refractivity contribution < 1.29 is 0 Å². The van der Waals surface area contributed by atoms with Gasteiger partial charge in [0.1, 0.15) is 10.4 Å². The Morgan fingerprint density at radius 2 is 2.25 bits per heavy atom. The molecule has 0 aliphatic rings. The average molecular weight is 227 g/mol. The molecule has 1 heterocycles. The molecule has 64 valence electrons. The lowest BCUT2D eigenvalue weighted by molar-refractivity contribution is 1.08. The highest BCUT2D eigenvalue weighted by molar-refractivity contribution is 9.10. The minimum Gasteiger partial charge on any atom is -0.294 e. The lowest BCUT2D eigenvalue weighted by Gasteiger charge is -1.97. The number of hydrogen-bond donors (Lipinski definition) is 0. The number of aryl methyl sites for hydroxylation is 1. The van der Waals surface area contributed by atoms with E-state index in [1.54, 1.807) is 6.08 Å². The van der Waals surface area contributed by atoms with Crippen LogP contribution in [-0.4, -0.2) is 9.55 Å². The third-order valence-electron chi connectivity index (χ3n) is 1.52. The van der Waals surface area contributed by atoms with Gasteiger partial charge in [0.05, 0.1) is 5.69 Å². The molecule has 0 saturated carbocycles. The summed E-state index contributed by atoms with van der Waals surface area (Å²) in [6.07, 6.45) is 5.64. The number of rotatable bonds is 2. The van der Waals surface area contributed by atoms with Crippen molar-refractivity contribution in [3.63, 3.8) is 0 Å². The van der Waals surface area contributed by atoms with Crippen molar-refractivity contribution in [1.29, 1.82) is 0 Å². The molecule has 1 aromatic rings. The normalized spacial score (nSPS) is 10.9. The van der Waals surface area contributed by atoms with Gasteiger partial charge in [-0.15, -0.1) is 0 Å². The van der Waals surface area contributed by atoms with Gasteiger partial charge in [-0.3, -0.25) is 4.57 Å². The molecule has 0 aliphatic heterocycles. The van der Waals surface area contributed by atoms with Gasteiger partial charge in [0, 0.05) is 6.20 Å². The highest BCUT2D eigenvalue weighted by atomic mass is 79.9. The van der Waals surface area contributed by atoms with Crippen LogP contribution in [0.2, 0.25) is 0 Å². The van der Waals surface area contributed by atoms with Crippen molar-refractivity contribution in [3.8, 4) is 0 Å². The third kappa shape index (κ3) is 1.50. The molecule has 1 rings (SSSR count). The van der Waals surface area contributed by atoms with E-state index in [-0.39, 0.29) is 0 Å².